The predicted octanol–water partition coefficient (Wildman–Crippen LogP) is 4.85. The van der Waals surface area contributed by atoms with Crippen molar-refractivity contribution in [1.82, 2.24) is 14.7 Å². The molecule has 0 N–H and O–H groups in total. The van der Waals surface area contributed by atoms with Gasteiger partial charge in [-0.15, -0.1) is 0 Å². The molecule has 1 aromatic carbocycles. The summed E-state index contributed by atoms with van der Waals surface area (Å²) in [6, 6.07) is 13.7. The molecule has 0 radical (unpaired) electrons. The maximum Gasteiger partial charge on any atom is 0.259 e. The van der Waals surface area contributed by atoms with E-state index < -0.39 is 0 Å². The van der Waals surface area contributed by atoms with Crippen molar-refractivity contribution < 1.29 is 9.21 Å². The highest BCUT2D eigenvalue weighted by Crippen LogP contribution is 2.25. The van der Waals surface area contributed by atoms with E-state index in [2.05, 4.69) is 5.10 Å². The largest absolute Gasteiger partial charge is 0.464 e. The minimum atomic E-state index is -0.138. The summed E-state index contributed by atoms with van der Waals surface area (Å²) in [5, 5.41) is 4.86. The van der Waals surface area contributed by atoms with Crippen LogP contribution in [0.1, 0.15) is 47.0 Å². The Kier molecular flexibility index (Phi) is 5.71. The molecule has 0 unspecified atom stereocenters. The van der Waals surface area contributed by atoms with E-state index in [0.29, 0.717) is 29.5 Å². The average molecular weight is 386 g/mol. The number of carbonyl (C=O) groups excluding carboxylic acids is 1. The first kappa shape index (κ1) is 19.2. The number of aryl methyl sites for hydroxylation is 2. The van der Waals surface area contributed by atoms with Crippen molar-refractivity contribution in [3.05, 3.63) is 76.0 Å². The van der Waals surface area contributed by atoms with Gasteiger partial charge in [0.1, 0.15) is 16.7 Å². The second kappa shape index (κ2) is 8.01. The van der Waals surface area contributed by atoms with Gasteiger partial charge in [-0.3, -0.25) is 4.79 Å². The maximum atomic E-state index is 13.3. The number of benzene rings is 1. The summed E-state index contributed by atoms with van der Waals surface area (Å²) in [4.78, 5) is 15.0. The highest BCUT2D eigenvalue weighted by Gasteiger charge is 2.27. The minimum absolute atomic E-state index is 0.00385. The van der Waals surface area contributed by atoms with Crippen molar-refractivity contribution in [1.29, 1.82) is 0 Å². The van der Waals surface area contributed by atoms with E-state index in [-0.39, 0.29) is 11.9 Å². The van der Waals surface area contributed by atoms with Gasteiger partial charge in [-0.25, -0.2) is 4.68 Å². The molecule has 0 atom stereocenters. The first-order chi connectivity index (χ1) is 12.9. The van der Waals surface area contributed by atoms with E-state index in [1.165, 1.54) is 0 Å². The molecule has 1 amide bonds. The Morgan fingerprint density at radius 1 is 1.19 bits per heavy atom. The summed E-state index contributed by atoms with van der Waals surface area (Å²) in [5.74, 6) is 1.44. The number of hydrogen-bond donors (Lipinski definition) is 0. The van der Waals surface area contributed by atoms with Gasteiger partial charge in [-0.05, 0) is 45.4 Å². The number of carbonyl (C=O) groups is 1. The fourth-order valence-electron chi connectivity index (χ4n) is 3.03. The molecule has 0 aliphatic heterocycles. The third-order valence-corrected chi connectivity index (χ3v) is 4.84. The summed E-state index contributed by atoms with van der Waals surface area (Å²) in [6.07, 6.45) is 0. The Balaban J connectivity index is 1.88. The Morgan fingerprint density at radius 3 is 2.48 bits per heavy atom. The smallest absolute Gasteiger partial charge is 0.259 e. The lowest BCUT2D eigenvalue weighted by atomic mass is 10.2. The molecule has 0 saturated heterocycles. The van der Waals surface area contributed by atoms with Crippen molar-refractivity contribution >= 4 is 17.5 Å². The zero-order valence-electron chi connectivity index (χ0n) is 16.1. The molecular weight excluding hydrogens is 362 g/mol. The molecule has 0 fully saturated rings. The summed E-state index contributed by atoms with van der Waals surface area (Å²) in [5.41, 5.74) is 2.15. The molecule has 0 saturated carbocycles. The lowest BCUT2D eigenvalue weighted by Crippen LogP contribution is -2.36. The van der Waals surface area contributed by atoms with E-state index in [0.717, 1.165) is 17.1 Å². The van der Waals surface area contributed by atoms with Gasteiger partial charge in [0.2, 0.25) is 0 Å². The topological polar surface area (TPSA) is 51.3 Å². The summed E-state index contributed by atoms with van der Waals surface area (Å²) < 4.78 is 7.32. The van der Waals surface area contributed by atoms with E-state index in [9.17, 15) is 4.79 Å². The fourth-order valence-corrected chi connectivity index (χ4v) is 3.34. The molecule has 3 aromatic rings. The summed E-state index contributed by atoms with van der Waals surface area (Å²) >= 11 is 6.56. The van der Waals surface area contributed by atoms with Crippen LogP contribution in [-0.2, 0) is 13.1 Å². The van der Waals surface area contributed by atoms with Crippen LogP contribution in [0.2, 0.25) is 5.15 Å². The van der Waals surface area contributed by atoms with E-state index in [1.54, 1.807) is 9.58 Å². The number of aromatic nitrogens is 2. The second-order valence-corrected chi connectivity index (χ2v) is 7.29. The Labute approximate surface area is 164 Å². The molecule has 5 nitrogen and oxygen atoms in total. The highest BCUT2D eigenvalue weighted by atomic mass is 35.5. The van der Waals surface area contributed by atoms with Gasteiger partial charge in [0, 0.05) is 6.04 Å². The van der Waals surface area contributed by atoms with Crippen molar-refractivity contribution in [2.24, 2.45) is 0 Å². The Bertz CT molecular complexity index is 928. The predicted molar refractivity (Wildman–Crippen MR) is 106 cm³/mol. The van der Waals surface area contributed by atoms with E-state index >= 15 is 0 Å². The number of hydrogen-bond acceptors (Lipinski definition) is 3. The van der Waals surface area contributed by atoms with Gasteiger partial charge in [0.05, 0.1) is 24.3 Å². The number of halogens is 1. The Hall–Kier alpha value is -2.53. The van der Waals surface area contributed by atoms with Crippen LogP contribution >= 0.6 is 11.6 Å². The third-order valence-electron chi connectivity index (χ3n) is 4.46. The van der Waals surface area contributed by atoms with Gasteiger partial charge in [-0.1, -0.05) is 41.9 Å². The highest BCUT2D eigenvalue weighted by molar-refractivity contribution is 6.33. The number of rotatable bonds is 6. The molecule has 0 aliphatic rings. The quantitative estimate of drug-likeness (QED) is 0.609. The van der Waals surface area contributed by atoms with Crippen LogP contribution in [0.25, 0.3) is 0 Å². The van der Waals surface area contributed by atoms with Gasteiger partial charge in [0.15, 0.2) is 0 Å². The van der Waals surface area contributed by atoms with Crippen LogP contribution in [0.4, 0.5) is 0 Å². The van der Waals surface area contributed by atoms with Crippen molar-refractivity contribution in [2.45, 2.75) is 46.8 Å². The zero-order chi connectivity index (χ0) is 19.6. The fraction of sp³-hybridized carbons (Fsp3) is 0.333. The molecular formula is C21H24ClN3O2. The van der Waals surface area contributed by atoms with Gasteiger partial charge in [-0.2, -0.15) is 5.10 Å². The first-order valence-corrected chi connectivity index (χ1v) is 9.37. The number of furan rings is 1. The molecule has 27 heavy (non-hydrogen) atoms. The van der Waals surface area contributed by atoms with Crippen LogP contribution < -0.4 is 0 Å². The van der Waals surface area contributed by atoms with E-state index in [4.69, 9.17) is 16.0 Å². The molecule has 0 aliphatic carbocycles. The monoisotopic (exact) mass is 385 g/mol. The van der Waals surface area contributed by atoms with Gasteiger partial charge >= 0.3 is 0 Å². The maximum absolute atomic E-state index is 13.3. The van der Waals surface area contributed by atoms with Crippen LogP contribution in [0.5, 0.6) is 0 Å². The average Bonchev–Trinajstić information content (AvgIpc) is 3.16. The van der Waals surface area contributed by atoms with Gasteiger partial charge < -0.3 is 9.32 Å². The molecule has 6 heteroatoms. The zero-order valence-corrected chi connectivity index (χ0v) is 16.8. The van der Waals surface area contributed by atoms with Crippen LogP contribution in [0.15, 0.2) is 46.9 Å². The van der Waals surface area contributed by atoms with Crippen molar-refractivity contribution in [3.63, 3.8) is 0 Å². The molecule has 3 rings (SSSR count). The number of amides is 1. The van der Waals surface area contributed by atoms with Crippen molar-refractivity contribution in [3.8, 4) is 0 Å². The molecule has 0 spiro atoms. The molecule has 2 heterocycles. The lowest BCUT2D eigenvalue weighted by Gasteiger charge is -2.25. The summed E-state index contributed by atoms with van der Waals surface area (Å²) in [7, 11) is 0. The lowest BCUT2D eigenvalue weighted by molar-refractivity contribution is 0.0674. The SMILES string of the molecule is Cc1ccc(CN(C(=O)c2c(C)nn(Cc3ccccc3)c2Cl)C(C)C)o1. The van der Waals surface area contributed by atoms with Crippen LogP contribution in [0, 0.1) is 13.8 Å². The Morgan fingerprint density at radius 2 is 1.89 bits per heavy atom. The molecule has 0 bridgehead atoms. The first-order valence-electron chi connectivity index (χ1n) is 9.00. The van der Waals surface area contributed by atoms with E-state index in [1.807, 2.05) is 70.2 Å². The normalized spacial score (nSPS) is 11.2. The van der Waals surface area contributed by atoms with Gasteiger partial charge in [0.25, 0.3) is 5.91 Å². The molecule has 142 valence electrons. The standard InChI is InChI=1S/C21H24ClN3O2/c1-14(2)24(13-18-11-10-15(3)27-18)21(26)19-16(4)23-25(20(19)22)12-17-8-6-5-7-9-17/h5-11,14H,12-13H2,1-4H3. The van der Waals surface area contributed by atoms with Crippen LogP contribution in [-0.4, -0.2) is 26.6 Å². The van der Waals surface area contributed by atoms with Crippen molar-refractivity contribution in [2.75, 3.05) is 0 Å². The molecule has 2 aromatic heterocycles. The second-order valence-electron chi connectivity index (χ2n) is 6.93. The minimum Gasteiger partial charge on any atom is -0.464 e. The third kappa shape index (κ3) is 4.25. The summed E-state index contributed by atoms with van der Waals surface area (Å²) in [6.45, 7) is 8.57. The number of nitrogens with zero attached hydrogens (tertiary/aromatic N) is 3. The van der Waals surface area contributed by atoms with Crippen LogP contribution in [0.3, 0.4) is 0 Å².